The number of hydrogen-bond acceptors (Lipinski definition) is 10. The second-order valence-corrected chi connectivity index (χ2v) is 15.8. The van der Waals surface area contributed by atoms with Crippen LogP contribution >= 0.6 is 23.1 Å². The van der Waals surface area contributed by atoms with E-state index in [0.29, 0.717) is 33.5 Å². The summed E-state index contributed by atoms with van der Waals surface area (Å²) in [6.07, 6.45) is 0.738. The summed E-state index contributed by atoms with van der Waals surface area (Å²) in [6.45, 7) is 3.74. The molecule has 2 saturated carbocycles. The molecule has 3 amide bonds. The first kappa shape index (κ1) is 34.2. The van der Waals surface area contributed by atoms with Gasteiger partial charge in [-0.05, 0) is 92.1 Å². The molecule has 2 aliphatic carbocycles. The average Bonchev–Trinajstić information content (AvgIpc) is 3.87. The van der Waals surface area contributed by atoms with Crippen LogP contribution in [0.15, 0.2) is 76.6 Å². The molecule has 2 bridgehead atoms. The van der Waals surface area contributed by atoms with E-state index < -0.39 is 23.7 Å². The number of nitrogens with zero attached hydrogens (tertiary/aromatic N) is 2. The van der Waals surface area contributed by atoms with Crippen molar-refractivity contribution in [3.05, 3.63) is 98.0 Å². The van der Waals surface area contributed by atoms with Crippen LogP contribution in [0.4, 0.5) is 11.4 Å². The summed E-state index contributed by atoms with van der Waals surface area (Å²) in [5.74, 6) is -1.37. The SMILES string of the molecule is CCOC(=O)c1ccc(NC(=O)Cn2c3c(sc2=O)C(c2ccc(OC)c(OC)c2)C2C4CC(C2S3)C2C(=O)N(c3ccc(C)cc3)C(=O)C42)cc1. The van der Waals surface area contributed by atoms with E-state index in [9.17, 15) is 24.0 Å². The molecule has 1 aromatic heterocycles. The van der Waals surface area contributed by atoms with Crippen LogP contribution in [0.25, 0.3) is 0 Å². The number of anilines is 2. The lowest BCUT2D eigenvalue weighted by atomic mass is 9.68. The quantitative estimate of drug-likeness (QED) is 0.169. The number of hydrogen-bond donors (Lipinski definition) is 1. The minimum absolute atomic E-state index is 0.0326. The van der Waals surface area contributed by atoms with E-state index >= 15 is 0 Å². The fraction of sp³-hybridized carbons (Fsp3) is 0.359. The lowest BCUT2D eigenvalue weighted by Gasteiger charge is -2.43. The summed E-state index contributed by atoms with van der Waals surface area (Å²) < 4.78 is 17.8. The summed E-state index contributed by atoms with van der Waals surface area (Å²) in [5.41, 5.74) is 3.41. The van der Waals surface area contributed by atoms with Crippen molar-refractivity contribution in [2.45, 2.75) is 43.0 Å². The predicted octanol–water partition coefficient (Wildman–Crippen LogP) is 5.73. The number of carbonyl (C=O) groups excluding carboxylic acids is 4. The Balaban J connectivity index is 1.15. The number of nitrogens with one attached hydrogen (secondary N) is 1. The van der Waals surface area contributed by atoms with Crippen molar-refractivity contribution in [1.82, 2.24) is 4.57 Å². The lowest BCUT2D eigenvalue weighted by molar-refractivity contribution is -0.123. The van der Waals surface area contributed by atoms with Gasteiger partial charge in [-0.2, -0.15) is 0 Å². The Bertz CT molecular complexity index is 2160. The molecule has 7 atom stereocenters. The number of carbonyl (C=O) groups is 4. The molecule has 8 rings (SSSR count). The van der Waals surface area contributed by atoms with Crippen LogP contribution in [0.1, 0.15) is 45.6 Å². The number of aromatic nitrogens is 1. The van der Waals surface area contributed by atoms with Gasteiger partial charge < -0.3 is 19.5 Å². The van der Waals surface area contributed by atoms with Crippen molar-refractivity contribution < 1.29 is 33.4 Å². The average molecular weight is 740 g/mol. The first-order chi connectivity index (χ1) is 25.1. The maximum absolute atomic E-state index is 14.2. The number of thiazole rings is 1. The van der Waals surface area contributed by atoms with Gasteiger partial charge in [0.25, 0.3) is 0 Å². The maximum atomic E-state index is 14.2. The van der Waals surface area contributed by atoms with Crippen molar-refractivity contribution in [3.63, 3.8) is 0 Å². The van der Waals surface area contributed by atoms with Crippen molar-refractivity contribution >= 4 is 58.2 Å². The summed E-state index contributed by atoms with van der Waals surface area (Å²) in [6, 6.07) is 19.6. The molecular formula is C39H37N3O8S2. The minimum Gasteiger partial charge on any atom is -0.493 e. The third-order valence-electron chi connectivity index (χ3n) is 11.0. The van der Waals surface area contributed by atoms with E-state index in [2.05, 4.69) is 5.32 Å². The molecule has 0 spiro atoms. The fourth-order valence-corrected chi connectivity index (χ4v) is 12.0. The van der Waals surface area contributed by atoms with Crippen LogP contribution < -0.4 is 24.6 Å². The van der Waals surface area contributed by atoms with Crippen molar-refractivity contribution in [2.24, 2.45) is 29.6 Å². The second-order valence-electron chi connectivity index (χ2n) is 13.7. The molecule has 52 heavy (non-hydrogen) atoms. The van der Waals surface area contributed by atoms with Crippen molar-refractivity contribution in [2.75, 3.05) is 31.0 Å². The topological polar surface area (TPSA) is 133 Å². The highest BCUT2D eigenvalue weighted by Gasteiger charge is 2.70. The number of esters is 1. The standard InChI is InChI=1S/C39H37N3O8S2/c1-5-50-38(46)20-8-11-22(12-9-20)40-28(43)18-41-37-34(52-39(41)47)29(21-10-15-26(48-3)27(16-21)49-4)30-24-17-25(33(30)51-37)32-31(24)35(44)42(36(32)45)23-13-6-19(2)7-14-23/h6-16,24-25,29-33H,5,17-18H2,1-4H3,(H,40,43). The van der Waals surface area contributed by atoms with E-state index in [1.54, 1.807) is 57.2 Å². The number of thioether (sulfide) groups is 1. The Morgan fingerprint density at radius 2 is 1.58 bits per heavy atom. The van der Waals surface area contributed by atoms with Crippen LogP contribution in [0.3, 0.4) is 0 Å². The zero-order chi connectivity index (χ0) is 36.4. The molecule has 1 N–H and O–H groups in total. The molecule has 0 radical (unpaired) electrons. The first-order valence-corrected chi connectivity index (χ1v) is 19.0. The first-order valence-electron chi connectivity index (χ1n) is 17.3. The van der Waals surface area contributed by atoms with Gasteiger partial charge in [-0.1, -0.05) is 35.1 Å². The molecule has 4 aliphatic rings. The lowest BCUT2D eigenvalue weighted by Crippen LogP contribution is -2.43. The number of ether oxygens (including phenoxy) is 3. The number of benzene rings is 3. The Morgan fingerprint density at radius 3 is 2.25 bits per heavy atom. The highest BCUT2D eigenvalue weighted by Crippen LogP contribution is 2.69. The number of aryl methyl sites for hydroxylation is 1. The highest BCUT2D eigenvalue weighted by atomic mass is 32.2. The number of rotatable bonds is 9. The van der Waals surface area contributed by atoms with Gasteiger partial charge >= 0.3 is 10.8 Å². The summed E-state index contributed by atoms with van der Waals surface area (Å²) in [5, 5.41) is 3.49. The Morgan fingerprint density at radius 1 is 0.885 bits per heavy atom. The Kier molecular flexibility index (Phi) is 8.73. The molecule has 13 heteroatoms. The largest absolute Gasteiger partial charge is 0.493 e. The van der Waals surface area contributed by atoms with Gasteiger partial charge in [-0.25, -0.2) is 4.79 Å². The monoisotopic (exact) mass is 739 g/mol. The molecule has 4 aromatic rings. The highest BCUT2D eigenvalue weighted by molar-refractivity contribution is 8.00. The predicted molar refractivity (Wildman–Crippen MR) is 196 cm³/mol. The van der Waals surface area contributed by atoms with Crippen LogP contribution in [0, 0.1) is 36.5 Å². The fourth-order valence-electron chi connectivity index (χ4n) is 8.87. The van der Waals surface area contributed by atoms with Gasteiger partial charge in [0, 0.05) is 21.7 Å². The molecule has 3 heterocycles. The van der Waals surface area contributed by atoms with E-state index in [-0.39, 0.29) is 58.8 Å². The van der Waals surface area contributed by atoms with Gasteiger partial charge in [0.15, 0.2) is 11.5 Å². The third kappa shape index (κ3) is 5.44. The van der Waals surface area contributed by atoms with E-state index in [4.69, 9.17) is 14.2 Å². The van der Waals surface area contributed by atoms with Gasteiger partial charge in [0.2, 0.25) is 17.7 Å². The normalized spacial score (nSPS) is 25.4. The van der Waals surface area contributed by atoms with Gasteiger partial charge in [-0.3, -0.25) is 28.6 Å². The smallest absolute Gasteiger partial charge is 0.338 e. The van der Waals surface area contributed by atoms with Crippen LogP contribution in [0.5, 0.6) is 11.5 Å². The number of methoxy groups -OCH3 is 2. The summed E-state index contributed by atoms with van der Waals surface area (Å²) in [7, 11) is 3.15. The van der Waals surface area contributed by atoms with E-state index in [0.717, 1.165) is 33.8 Å². The van der Waals surface area contributed by atoms with E-state index in [1.165, 1.54) is 9.47 Å². The minimum atomic E-state index is -0.449. The van der Waals surface area contributed by atoms with E-state index in [1.807, 2.05) is 49.4 Å². The third-order valence-corrected chi connectivity index (χ3v) is 13.8. The zero-order valence-corrected chi connectivity index (χ0v) is 30.6. The molecule has 1 saturated heterocycles. The zero-order valence-electron chi connectivity index (χ0n) is 29.0. The molecule has 3 aromatic carbocycles. The second kappa shape index (κ2) is 13.3. The van der Waals surface area contributed by atoms with Crippen LogP contribution in [-0.2, 0) is 25.7 Å². The Hall–Kier alpha value is -4.88. The molecule has 11 nitrogen and oxygen atoms in total. The molecular weight excluding hydrogens is 703 g/mol. The molecule has 7 unspecified atom stereocenters. The van der Waals surface area contributed by atoms with Crippen molar-refractivity contribution in [3.8, 4) is 11.5 Å². The number of imide groups is 1. The maximum Gasteiger partial charge on any atom is 0.338 e. The summed E-state index contributed by atoms with van der Waals surface area (Å²) >= 11 is 2.69. The summed E-state index contributed by atoms with van der Waals surface area (Å²) in [4.78, 5) is 69.5. The number of amides is 3. The Labute approximate surface area is 308 Å². The van der Waals surface area contributed by atoms with Gasteiger partial charge in [0.1, 0.15) is 6.54 Å². The van der Waals surface area contributed by atoms with Gasteiger partial charge in [-0.15, -0.1) is 11.8 Å². The van der Waals surface area contributed by atoms with Crippen LogP contribution in [-0.4, -0.2) is 54.3 Å². The van der Waals surface area contributed by atoms with Gasteiger partial charge in [0.05, 0.1) is 48.9 Å². The van der Waals surface area contributed by atoms with Crippen LogP contribution in [0.2, 0.25) is 0 Å². The number of fused-ring (bicyclic) bond motifs is 9. The molecule has 3 fully saturated rings. The molecule has 268 valence electrons. The van der Waals surface area contributed by atoms with Crippen molar-refractivity contribution in [1.29, 1.82) is 0 Å². The molecule has 2 aliphatic heterocycles.